The van der Waals surface area contributed by atoms with Crippen molar-refractivity contribution < 1.29 is 52.2 Å². The third kappa shape index (κ3) is 49.4. The number of unbranched alkanes of at least 4 members (excludes halogenated alkanes) is 16. The summed E-state index contributed by atoms with van der Waals surface area (Å²) >= 11 is 0. The Balaban J connectivity index is 4.75. The fraction of sp³-hybridized carbons (Fsp3) is 0.672. The first-order valence-corrected chi connectivity index (χ1v) is 28.6. The predicted molar refractivity (Wildman–Crippen MR) is 288 cm³/mol. The summed E-state index contributed by atoms with van der Waals surface area (Å²) in [5.41, 5.74) is 0. The van der Waals surface area contributed by atoms with Crippen LogP contribution in [0, 0.1) is 0 Å². The number of phosphoric ester groups is 1. The SMILES string of the molecule is CC/C=C\C/C=C\C/C=C\C/C=C\C/C=C\CCCCCC(=O)OC(COC(=O)CCCCCCCCCCC)COP(=O)(O)OCC(CO)OC(=O)CCCCCCC/C=C\C/C=C\C/C=C\CC. The minimum Gasteiger partial charge on any atom is -0.462 e. The molecule has 0 rings (SSSR count). The van der Waals surface area contributed by atoms with Gasteiger partial charge in [-0.2, -0.15) is 0 Å². The molecule has 0 aromatic heterocycles. The van der Waals surface area contributed by atoms with Crippen molar-refractivity contribution >= 4 is 25.7 Å². The Morgan fingerprint density at radius 2 is 0.743 bits per heavy atom. The zero-order valence-electron chi connectivity index (χ0n) is 43.9. The molecule has 0 aromatic rings. The van der Waals surface area contributed by atoms with Gasteiger partial charge in [0.2, 0.25) is 0 Å². The second-order valence-electron chi connectivity index (χ2n) is 17.6. The van der Waals surface area contributed by atoms with Crippen LogP contribution >= 0.6 is 7.82 Å². The number of esters is 3. The van der Waals surface area contributed by atoms with Crippen molar-refractivity contribution in [3.8, 4) is 0 Å². The molecule has 12 heteroatoms. The third-order valence-corrected chi connectivity index (χ3v) is 12.0. The smallest absolute Gasteiger partial charge is 0.462 e. The van der Waals surface area contributed by atoms with Gasteiger partial charge in [0, 0.05) is 19.3 Å². The molecule has 0 aliphatic heterocycles. The number of hydrogen-bond acceptors (Lipinski definition) is 10. The molecule has 0 bridgehead atoms. The maximum absolute atomic E-state index is 12.9. The van der Waals surface area contributed by atoms with Crippen LogP contribution in [0.1, 0.15) is 213 Å². The first-order valence-electron chi connectivity index (χ1n) is 27.1. The summed E-state index contributed by atoms with van der Waals surface area (Å²) in [5.74, 6) is -1.53. The number of ether oxygens (including phenoxy) is 3. The average Bonchev–Trinajstić information content (AvgIpc) is 3.35. The zero-order chi connectivity index (χ0) is 51.3. The monoisotopic (exact) mass is 1000 g/mol. The minimum absolute atomic E-state index is 0.124. The van der Waals surface area contributed by atoms with Crippen LogP contribution in [-0.2, 0) is 42.2 Å². The Morgan fingerprint density at radius 3 is 1.16 bits per heavy atom. The van der Waals surface area contributed by atoms with Gasteiger partial charge in [0.05, 0.1) is 19.8 Å². The molecule has 3 unspecified atom stereocenters. The molecule has 2 N–H and O–H groups in total. The van der Waals surface area contributed by atoms with Crippen molar-refractivity contribution in [2.45, 2.75) is 226 Å². The van der Waals surface area contributed by atoms with Gasteiger partial charge < -0.3 is 24.2 Å². The average molecular weight is 1000 g/mol. The van der Waals surface area contributed by atoms with E-state index in [1.165, 1.54) is 32.1 Å². The number of aliphatic hydroxyl groups excluding tert-OH is 1. The summed E-state index contributed by atoms with van der Waals surface area (Å²) in [5, 5.41) is 9.79. The number of allylic oxidation sites excluding steroid dienone is 16. The number of carbonyl (C=O) groups excluding carboxylic acids is 3. The van der Waals surface area contributed by atoms with Gasteiger partial charge in [-0.3, -0.25) is 23.4 Å². The molecule has 11 nitrogen and oxygen atoms in total. The van der Waals surface area contributed by atoms with Crippen molar-refractivity contribution in [2.75, 3.05) is 26.4 Å². The lowest BCUT2D eigenvalue weighted by Gasteiger charge is -2.21. The Morgan fingerprint density at radius 1 is 0.414 bits per heavy atom. The highest BCUT2D eigenvalue weighted by atomic mass is 31.2. The van der Waals surface area contributed by atoms with E-state index in [1.54, 1.807) is 0 Å². The number of hydrogen-bond donors (Lipinski definition) is 2. The van der Waals surface area contributed by atoms with Crippen LogP contribution in [0.3, 0.4) is 0 Å². The van der Waals surface area contributed by atoms with Gasteiger partial charge in [0.1, 0.15) is 12.7 Å². The van der Waals surface area contributed by atoms with Crippen LogP contribution in [0.2, 0.25) is 0 Å². The highest BCUT2D eigenvalue weighted by Crippen LogP contribution is 2.43. The zero-order valence-corrected chi connectivity index (χ0v) is 44.8. The van der Waals surface area contributed by atoms with E-state index in [4.69, 9.17) is 23.3 Å². The van der Waals surface area contributed by atoms with E-state index in [-0.39, 0.29) is 25.9 Å². The lowest BCUT2D eigenvalue weighted by atomic mass is 10.1. The van der Waals surface area contributed by atoms with E-state index in [2.05, 4.69) is 118 Å². The Labute approximate surface area is 425 Å². The normalized spacial score (nSPS) is 14.2. The van der Waals surface area contributed by atoms with Crippen molar-refractivity contribution in [1.29, 1.82) is 0 Å². The standard InChI is InChI=1S/C58H97O11P/c1-4-7-10-13-16-19-21-23-25-26-27-28-30-32-34-37-40-43-46-49-58(62)69-55(51-65-56(60)47-44-41-38-35-18-15-12-9-6-3)53-67-70(63,64)66-52-54(50-59)68-57(61)48-45-42-39-36-33-31-29-24-22-20-17-14-11-8-5-2/h7-8,10-11,16-17,19-20,23-25,27-29,32,34,54-55,59H,4-6,9,12-15,18,21-22,26,30-31,33,35-53H2,1-3H3,(H,63,64)/b10-7-,11-8-,19-16-,20-17-,25-23-,28-27-,29-24-,34-32-. The van der Waals surface area contributed by atoms with Gasteiger partial charge in [-0.1, -0.05) is 195 Å². The first kappa shape index (κ1) is 66.4. The highest BCUT2D eigenvalue weighted by molar-refractivity contribution is 7.47. The molecule has 0 aliphatic rings. The van der Waals surface area contributed by atoms with E-state index >= 15 is 0 Å². The molecule has 400 valence electrons. The summed E-state index contributed by atoms with van der Waals surface area (Å²) < 4.78 is 39.3. The Kier molecular flexibility index (Phi) is 49.1. The number of phosphoric acid groups is 1. The molecule has 0 spiro atoms. The summed E-state index contributed by atoms with van der Waals surface area (Å²) in [6, 6.07) is 0. The summed E-state index contributed by atoms with van der Waals surface area (Å²) in [4.78, 5) is 48.3. The molecule has 70 heavy (non-hydrogen) atoms. The van der Waals surface area contributed by atoms with Gasteiger partial charge in [-0.05, 0) is 96.3 Å². The fourth-order valence-corrected chi connectivity index (χ4v) is 7.71. The molecule has 3 atom stereocenters. The lowest BCUT2D eigenvalue weighted by Crippen LogP contribution is -2.30. The molecule has 0 saturated heterocycles. The topological polar surface area (TPSA) is 155 Å². The third-order valence-electron chi connectivity index (χ3n) is 11.0. The van der Waals surface area contributed by atoms with Gasteiger partial charge in [0.15, 0.2) is 6.10 Å². The second kappa shape index (κ2) is 51.7. The van der Waals surface area contributed by atoms with Crippen LogP contribution in [0.5, 0.6) is 0 Å². The molecule has 0 radical (unpaired) electrons. The maximum Gasteiger partial charge on any atom is 0.472 e. The maximum atomic E-state index is 12.9. The molecular formula is C58H97O11P. The number of rotatable bonds is 49. The molecule has 0 amide bonds. The van der Waals surface area contributed by atoms with Crippen molar-refractivity contribution in [1.82, 2.24) is 0 Å². The van der Waals surface area contributed by atoms with E-state index in [0.717, 1.165) is 122 Å². The van der Waals surface area contributed by atoms with Crippen LogP contribution < -0.4 is 0 Å². The summed E-state index contributed by atoms with van der Waals surface area (Å²) in [6.45, 7) is 4.32. The molecule has 0 fully saturated rings. The second-order valence-corrected chi connectivity index (χ2v) is 19.1. The van der Waals surface area contributed by atoms with E-state index < -0.39 is 57.8 Å². The van der Waals surface area contributed by atoms with Gasteiger partial charge >= 0.3 is 25.7 Å². The van der Waals surface area contributed by atoms with Crippen molar-refractivity contribution in [3.63, 3.8) is 0 Å². The molecule has 0 aromatic carbocycles. The molecule has 0 aliphatic carbocycles. The van der Waals surface area contributed by atoms with E-state index in [9.17, 15) is 28.9 Å². The summed E-state index contributed by atoms with van der Waals surface area (Å²) in [6.07, 6.45) is 59.5. The van der Waals surface area contributed by atoms with Crippen LogP contribution in [0.25, 0.3) is 0 Å². The quantitative estimate of drug-likeness (QED) is 0.0197. The number of carbonyl (C=O) groups is 3. The predicted octanol–water partition coefficient (Wildman–Crippen LogP) is 15.7. The molecule has 0 heterocycles. The largest absolute Gasteiger partial charge is 0.472 e. The number of aliphatic hydroxyl groups is 1. The molecule has 0 saturated carbocycles. The Hall–Kier alpha value is -3.60. The highest BCUT2D eigenvalue weighted by Gasteiger charge is 2.28. The van der Waals surface area contributed by atoms with Crippen molar-refractivity contribution in [2.24, 2.45) is 0 Å². The van der Waals surface area contributed by atoms with Gasteiger partial charge in [-0.15, -0.1) is 0 Å². The van der Waals surface area contributed by atoms with Gasteiger partial charge in [0.25, 0.3) is 0 Å². The van der Waals surface area contributed by atoms with Crippen molar-refractivity contribution in [3.05, 3.63) is 97.2 Å². The van der Waals surface area contributed by atoms with E-state index in [0.29, 0.717) is 19.3 Å². The fourth-order valence-electron chi connectivity index (χ4n) is 6.93. The minimum atomic E-state index is -4.76. The van der Waals surface area contributed by atoms with Gasteiger partial charge in [-0.25, -0.2) is 4.57 Å². The van der Waals surface area contributed by atoms with Crippen LogP contribution in [-0.4, -0.2) is 66.5 Å². The van der Waals surface area contributed by atoms with E-state index in [1.807, 2.05) is 0 Å². The first-order chi connectivity index (χ1) is 34.2. The van der Waals surface area contributed by atoms with Crippen LogP contribution in [0.15, 0.2) is 97.2 Å². The van der Waals surface area contributed by atoms with Crippen LogP contribution in [0.4, 0.5) is 0 Å². The Bertz CT molecular complexity index is 1540. The summed E-state index contributed by atoms with van der Waals surface area (Å²) in [7, 11) is -4.76. The molecular weight excluding hydrogens is 904 g/mol. The lowest BCUT2D eigenvalue weighted by molar-refractivity contribution is -0.161.